The molecule has 114 valence electrons. The molecule has 0 spiro atoms. The third-order valence-electron chi connectivity index (χ3n) is 3.72. The summed E-state index contributed by atoms with van der Waals surface area (Å²) >= 11 is 1.38. The Balaban J connectivity index is 1.87. The fraction of sp³-hybridized carbons (Fsp3) is 0.714. The van der Waals surface area contributed by atoms with E-state index in [2.05, 4.69) is 23.9 Å². The molecule has 1 fully saturated rings. The minimum Gasteiger partial charge on any atom is -0.317 e. The maximum atomic E-state index is 12.2. The number of likely N-dealkylation sites (N-methyl/N-ethyl adjacent to an activating group) is 1. The van der Waals surface area contributed by atoms with E-state index < -0.39 is 10.0 Å². The van der Waals surface area contributed by atoms with Crippen molar-refractivity contribution >= 4 is 21.4 Å². The average molecular weight is 316 g/mol. The second-order valence-electron chi connectivity index (χ2n) is 5.49. The van der Waals surface area contributed by atoms with Crippen molar-refractivity contribution in [3.05, 3.63) is 17.0 Å². The minimum absolute atomic E-state index is 0.437. The van der Waals surface area contributed by atoms with Gasteiger partial charge >= 0.3 is 0 Å². The molecule has 0 radical (unpaired) electrons. The molecule has 1 saturated carbocycles. The predicted octanol–water partition coefficient (Wildman–Crippen LogP) is 2.22. The summed E-state index contributed by atoms with van der Waals surface area (Å²) in [7, 11) is -3.32. The molecular weight excluding hydrogens is 292 g/mol. The molecule has 1 aliphatic rings. The molecule has 0 aromatic carbocycles. The van der Waals surface area contributed by atoms with Gasteiger partial charge in [0.1, 0.15) is 4.21 Å². The first kappa shape index (κ1) is 15.9. The lowest BCUT2D eigenvalue weighted by Gasteiger charge is -2.10. The van der Waals surface area contributed by atoms with Gasteiger partial charge in [0, 0.05) is 11.4 Å². The Bertz CT molecular complexity index is 521. The Kier molecular flexibility index (Phi) is 5.60. The summed E-state index contributed by atoms with van der Waals surface area (Å²) in [5.74, 6) is 1.16. The third kappa shape index (κ3) is 4.55. The first-order valence-corrected chi connectivity index (χ1v) is 9.62. The van der Waals surface area contributed by atoms with Gasteiger partial charge in [-0.15, -0.1) is 11.3 Å². The number of hydrogen-bond donors (Lipinski definition) is 2. The fourth-order valence-electron chi connectivity index (χ4n) is 2.17. The van der Waals surface area contributed by atoms with Crippen LogP contribution in [0.5, 0.6) is 0 Å². The largest absolute Gasteiger partial charge is 0.317 e. The molecule has 1 heterocycles. The SMILES string of the molecule is CCNCCc1ccc(S(=O)(=O)NCC(C)C2CC2)s1. The molecule has 1 aromatic heterocycles. The van der Waals surface area contributed by atoms with Crippen LogP contribution < -0.4 is 10.0 Å². The highest BCUT2D eigenvalue weighted by Gasteiger charge is 2.29. The van der Waals surface area contributed by atoms with Crippen LogP contribution in [0.1, 0.15) is 31.6 Å². The molecule has 6 heteroatoms. The van der Waals surface area contributed by atoms with Crippen LogP contribution in [0.15, 0.2) is 16.3 Å². The lowest BCUT2D eigenvalue weighted by Crippen LogP contribution is -2.28. The Hall–Kier alpha value is -0.430. The number of sulfonamides is 1. The van der Waals surface area contributed by atoms with E-state index in [9.17, 15) is 8.42 Å². The van der Waals surface area contributed by atoms with E-state index >= 15 is 0 Å². The molecule has 20 heavy (non-hydrogen) atoms. The van der Waals surface area contributed by atoms with Gasteiger partial charge in [0.2, 0.25) is 10.0 Å². The molecule has 0 saturated heterocycles. The molecule has 1 aromatic rings. The van der Waals surface area contributed by atoms with Crippen LogP contribution in [-0.2, 0) is 16.4 Å². The maximum Gasteiger partial charge on any atom is 0.250 e. The van der Waals surface area contributed by atoms with Gasteiger partial charge in [-0.25, -0.2) is 13.1 Å². The summed E-state index contributed by atoms with van der Waals surface area (Å²) in [4.78, 5) is 1.11. The number of rotatable bonds is 9. The van der Waals surface area contributed by atoms with Crippen molar-refractivity contribution in [3.63, 3.8) is 0 Å². The van der Waals surface area contributed by atoms with Crippen molar-refractivity contribution in [3.8, 4) is 0 Å². The summed E-state index contributed by atoms with van der Waals surface area (Å²) in [5, 5.41) is 3.25. The van der Waals surface area contributed by atoms with Gasteiger partial charge in [0.05, 0.1) is 0 Å². The fourth-order valence-corrected chi connectivity index (χ4v) is 4.71. The Labute approximate surface area is 126 Å². The summed E-state index contributed by atoms with van der Waals surface area (Å²) < 4.78 is 27.6. The Morgan fingerprint density at radius 3 is 2.80 bits per heavy atom. The van der Waals surface area contributed by atoms with E-state index in [1.807, 2.05) is 6.07 Å². The predicted molar refractivity (Wildman–Crippen MR) is 83.6 cm³/mol. The van der Waals surface area contributed by atoms with Crippen molar-refractivity contribution < 1.29 is 8.42 Å². The number of nitrogens with one attached hydrogen (secondary N) is 2. The normalized spacial score (nSPS) is 17.3. The molecule has 1 atom stereocenters. The van der Waals surface area contributed by atoms with Crippen LogP contribution in [0.4, 0.5) is 0 Å². The van der Waals surface area contributed by atoms with Crippen LogP contribution in [0, 0.1) is 11.8 Å². The maximum absolute atomic E-state index is 12.2. The van der Waals surface area contributed by atoms with E-state index in [4.69, 9.17) is 0 Å². The van der Waals surface area contributed by atoms with Crippen LogP contribution in [0.2, 0.25) is 0 Å². The number of thiophene rings is 1. The monoisotopic (exact) mass is 316 g/mol. The van der Waals surface area contributed by atoms with Gasteiger partial charge < -0.3 is 5.32 Å². The van der Waals surface area contributed by atoms with Crippen molar-refractivity contribution in [1.82, 2.24) is 10.0 Å². The van der Waals surface area contributed by atoms with Gasteiger partial charge in [-0.1, -0.05) is 13.8 Å². The molecule has 2 rings (SSSR count). The molecule has 4 nitrogen and oxygen atoms in total. The second-order valence-corrected chi connectivity index (χ2v) is 8.65. The first-order chi connectivity index (χ1) is 9.53. The minimum atomic E-state index is -3.32. The van der Waals surface area contributed by atoms with Crippen molar-refractivity contribution in [1.29, 1.82) is 0 Å². The first-order valence-electron chi connectivity index (χ1n) is 7.32. The average Bonchev–Trinajstić information content (AvgIpc) is 3.15. The van der Waals surface area contributed by atoms with Gasteiger partial charge in [-0.05, 0) is 56.3 Å². The topological polar surface area (TPSA) is 58.2 Å². The lowest BCUT2D eigenvalue weighted by molar-refractivity contribution is 0.492. The molecule has 1 aliphatic carbocycles. The van der Waals surface area contributed by atoms with E-state index in [0.717, 1.165) is 30.3 Å². The second kappa shape index (κ2) is 7.02. The molecular formula is C14H24N2O2S2. The van der Waals surface area contributed by atoms with E-state index in [1.165, 1.54) is 24.2 Å². The zero-order valence-electron chi connectivity index (χ0n) is 12.2. The third-order valence-corrected chi connectivity index (χ3v) is 6.78. The van der Waals surface area contributed by atoms with Crippen LogP contribution >= 0.6 is 11.3 Å². The van der Waals surface area contributed by atoms with E-state index in [1.54, 1.807) is 6.07 Å². The zero-order chi connectivity index (χ0) is 14.6. The van der Waals surface area contributed by atoms with E-state index in [0.29, 0.717) is 16.7 Å². The summed E-state index contributed by atoms with van der Waals surface area (Å²) in [5.41, 5.74) is 0. The van der Waals surface area contributed by atoms with Gasteiger partial charge in [-0.2, -0.15) is 0 Å². The van der Waals surface area contributed by atoms with Gasteiger partial charge in [0.25, 0.3) is 0 Å². The lowest BCUT2D eigenvalue weighted by atomic mass is 10.1. The Morgan fingerprint density at radius 1 is 1.40 bits per heavy atom. The molecule has 2 N–H and O–H groups in total. The molecule has 0 aliphatic heterocycles. The van der Waals surface area contributed by atoms with Crippen molar-refractivity contribution in [2.45, 2.75) is 37.3 Å². The molecule has 0 bridgehead atoms. The Morgan fingerprint density at radius 2 is 2.15 bits per heavy atom. The van der Waals surface area contributed by atoms with Crippen molar-refractivity contribution in [2.75, 3.05) is 19.6 Å². The van der Waals surface area contributed by atoms with Crippen LogP contribution in [0.3, 0.4) is 0 Å². The van der Waals surface area contributed by atoms with Crippen molar-refractivity contribution in [2.24, 2.45) is 11.8 Å². The highest BCUT2D eigenvalue weighted by molar-refractivity contribution is 7.91. The molecule has 0 amide bonds. The highest BCUT2D eigenvalue weighted by Crippen LogP contribution is 2.36. The standard InChI is InChI=1S/C14H24N2O2S2/c1-3-15-9-8-13-6-7-14(19-13)20(17,18)16-10-11(2)12-4-5-12/h6-7,11-12,15-16H,3-5,8-10H2,1-2H3. The molecule has 1 unspecified atom stereocenters. The van der Waals surface area contributed by atoms with Crippen LogP contribution in [-0.4, -0.2) is 28.1 Å². The van der Waals surface area contributed by atoms with Crippen LogP contribution in [0.25, 0.3) is 0 Å². The summed E-state index contributed by atoms with van der Waals surface area (Å²) in [6.45, 7) is 6.57. The zero-order valence-corrected chi connectivity index (χ0v) is 13.8. The van der Waals surface area contributed by atoms with E-state index in [-0.39, 0.29) is 0 Å². The number of hydrogen-bond acceptors (Lipinski definition) is 4. The summed E-state index contributed by atoms with van der Waals surface area (Å²) in [6, 6.07) is 3.64. The highest BCUT2D eigenvalue weighted by atomic mass is 32.2. The quantitative estimate of drug-likeness (QED) is 0.687. The smallest absolute Gasteiger partial charge is 0.250 e. The summed E-state index contributed by atoms with van der Waals surface area (Å²) in [6.07, 6.45) is 3.37. The van der Waals surface area contributed by atoms with Gasteiger partial charge in [0.15, 0.2) is 0 Å². The van der Waals surface area contributed by atoms with Gasteiger partial charge in [-0.3, -0.25) is 0 Å².